The van der Waals surface area contributed by atoms with Crippen molar-refractivity contribution in [3.63, 3.8) is 0 Å². The molecule has 0 aromatic heterocycles. The van der Waals surface area contributed by atoms with Gasteiger partial charge >= 0.3 is 0 Å². The van der Waals surface area contributed by atoms with E-state index < -0.39 is 0 Å². The lowest BCUT2D eigenvalue weighted by atomic mass is 10.0. The van der Waals surface area contributed by atoms with Gasteiger partial charge in [-0.15, -0.1) is 0 Å². The normalized spacial score (nSPS) is 12.2. The van der Waals surface area contributed by atoms with Gasteiger partial charge in [0.25, 0.3) is 0 Å². The van der Waals surface area contributed by atoms with Crippen molar-refractivity contribution in [2.75, 3.05) is 7.11 Å². The highest BCUT2D eigenvalue weighted by Gasteiger charge is 2.04. The SMILES string of the molecule is COc1cc(CC(C)C=O)ccc1C. The van der Waals surface area contributed by atoms with E-state index in [1.54, 1.807) is 7.11 Å². The molecule has 2 nitrogen and oxygen atoms in total. The third-order valence-corrected chi connectivity index (χ3v) is 2.26. The number of ether oxygens (including phenoxy) is 1. The zero-order valence-corrected chi connectivity index (χ0v) is 8.91. The molecule has 0 saturated heterocycles. The Morgan fingerprint density at radius 2 is 2.21 bits per heavy atom. The summed E-state index contributed by atoms with van der Waals surface area (Å²) in [6.07, 6.45) is 1.76. The summed E-state index contributed by atoms with van der Waals surface area (Å²) in [5.41, 5.74) is 2.27. The fourth-order valence-electron chi connectivity index (χ4n) is 1.41. The molecule has 0 heterocycles. The monoisotopic (exact) mass is 192 g/mol. The van der Waals surface area contributed by atoms with Crippen molar-refractivity contribution in [3.05, 3.63) is 29.3 Å². The Morgan fingerprint density at radius 1 is 1.50 bits per heavy atom. The summed E-state index contributed by atoms with van der Waals surface area (Å²) in [4.78, 5) is 10.5. The molecule has 2 heteroatoms. The van der Waals surface area contributed by atoms with Gasteiger partial charge in [-0.1, -0.05) is 19.1 Å². The first-order valence-electron chi connectivity index (χ1n) is 4.76. The van der Waals surface area contributed by atoms with Crippen molar-refractivity contribution >= 4 is 6.29 Å². The Bertz CT molecular complexity index is 318. The molecule has 1 atom stereocenters. The van der Waals surface area contributed by atoms with E-state index in [1.807, 2.05) is 32.0 Å². The molecule has 0 aliphatic heterocycles. The zero-order valence-electron chi connectivity index (χ0n) is 8.91. The van der Waals surface area contributed by atoms with Crippen LogP contribution >= 0.6 is 0 Å². The first-order valence-corrected chi connectivity index (χ1v) is 4.76. The Hall–Kier alpha value is -1.31. The van der Waals surface area contributed by atoms with Gasteiger partial charge in [0.15, 0.2) is 0 Å². The molecule has 0 spiro atoms. The van der Waals surface area contributed by atoms with Gasteiger partial charge in [-0.3, -0.25) is 0 Å². The quantitative estimate of drug-likeness (QED) is 0.685. The van der Waals surface area contributed by atoms with Crippen LogP contribution in [-0.4, -0.2) is 13.4 Å². The maximum atomic E-state index is 10.5. The predicted molar refractivity (Wildman–Crippen MR) is 56.7 cm³/mol. The molecule has 0 N–H and O–H groups in total. The molecule has 0 fully saturated rings. The summed E-state index contributed by atoms with van der Waals surface area (Å²) in [6.45, 7) is 3.92. The number of aryl methyl sites for hydroxylation is 1. The van der Waals surface area contributed by atoms with E-state index in [4.69, 9.17) is 4.74 Å². The van der Waals surface area contributed by atoms with Crippen LogP contribution in [0.4, 0.5) is 0 Å². The molecular formula is C12H16O2. The maximum Gasteiger partial charge on any atom is 0.123 e. The summed E-state index contributed by atoms with van der Waals surface area (Å²) in [6, 6.07) is 6.05. The summed E-state index contributed by atoms with van der Waals surface area (Å²) in [5.74, 6) is 0.961. The number of benzene rings is 1. The molecule has 0 bridgehead atoms. The minimum atomic E-state index is 0.0717. The van der Waals surface area contributed by atoms with Crippen molar-refractivity contribution in [3.8, 4) is 5.75 Å². The number of carbonyl (C=O) groups excluding carboxylic acids is 1. The summed E-state index contributed by atoms with van der Waals surface area (Å²) < 4.78 is 5.21. The molecule has 0 radical (unpaired) electrons. The highest BCUT2D eigenvalue weighted by atomic mass is 16.5. The minimum Gasteiger partial charge on any atom is -0.496 e. The summed E-state index contributed by atoms with van der Waals surface area (Å²) in [5, 5.41) is 0. The van der Waals surface area contributed by atoms with Crippen molar-refractivity contribution < 1.29 is 9.53 Å². The van der Waals surface area contributed by atoms with Crippen LogP contribution in [0, 0.1) is 12.8 Å². The van der Waals surface area contributed by atoms with E-state index >= 15 is 0 Å². The van der Waals surface area contributed by atoms with Crippen molar-refractivity contribution in [1.29, 1.82) is 0 Å². The Morgan fingerprint density at radius 3 is 2.79 bits per heavy atom. The van der Waals surface area contributed by atoms with E-state index in [1.165, 1.54) is 0 Å². The van der Waals surface area contributed by atoms with Crippen LogP contribution in [0.1, 0.15) is 18.1 Å². The van der Waals surface area contributed by atoms with Crippen LogP contribution in [0.25, 0.3) is 0 Å². The lowest BCUT2D eigenvalue weighted by Gasteiger charge is -2.08. The first-order chi connectivity index (χ1) is 6.67. The highest BCUT2D eigenvalue weighted by Crippen LogP contribution is 2.20. The van der Waals surface area contributed by atoms with Crippen LogP contribution in [0.15, 0.2) is 18.2 Å². The second-order valence-corrected chi connectivity index (χ2v) is 3.62. The molecular weight excluding hydrogens is 176 g/mol. The van der Waals surface area contributed by atoms with Gasteiger partial charge in [-0.05, 0) is 30.5 Å². The van der Waals surface area contributed by atoms with E-state index in [2.05, 4.69) is 0 Å². The molecule has 1 unspecified atom stereocenters. The minimum absolute atomic E-state index is 0.0717. The van der Waals surface area contributed by atoms with Crippen molar-refractivity contribution in [2.45, 2.75) is 20.3 Å². The molecule has 1 aromatic carbocycles. The van der Waals surface area contributed by atoms with Crippen LogP contribution in [0.5, 0.6) is 5.75 Å². The van der Waals surface area contributed by atoms with E-state index in [0.717, 1.165) is 29.6 Å². The van der Waals surface area contributed by atoms with Gasteiger partial charge in [-0.25, -0.2) is 0 Å². The van der Waals surface area contributed by atoms with Crippen LogP contribution < -0.4 is 4.74 Å². The number of aldehydes is 1. The number of rotatable bonds is 4. The van der Waals surface area contributed by atoms with Gasteiger partial charge in [0.2, 0.25) is 0 Å². The Kier molecular flexibility index (Phi) is 3.69. The third kappa shape index (κ3) is 2.59. The van der Waals surface area contributed by atoms with Gasteiger partial charge in [-0.2, -0.15) is 0 Å². The van der Waals surface area contributed by atoms with E-state index in [-0.39, 0.29) is 5.92 Å². The molecule has 0 aliphatic rings. The molecule has 1 rings (SSSR count). The van der Waals surface area contributed by atoms with Gasteiger partial charge < -0.3 is 9.53 Å². The average molecular weight is 192 g/mol. The number of carbonyl (C=O) groups is 1. The molecule has 0 amide bonds. The average Bonchev–Trinajstić information content (AvgIpc) is 2.20. The summed E-state index contributed by atoms with van der Waals surface area (Å²) in [7, 11) is 1.66. The van der Waals surface area contributed by atoms with Crippen LogP contribution in [0.2, 0.25) is 0 Å². The fourth-order valence-corrected chi connectivity index (χ4v) is 1.41. The third-order valence-electron chi connectivity index (χ3n) is 2.26. The lowest BCUT2D eigenvalue weighted by Crippen LogP contribution is -2.01. The topological polar surface area (TPSA) is 26.3 Å². The second kappa shape index (κ2) is 4.80. The summed E-state index contributed by atoms with van der Waals surface area (Å²) >= 11 is 0. The number of hydrogen-bond acceptors (Lipinski definition) is 2. The molecule has 0 saturated carbocycles. The molecule has 76 valence electrons. The van der Waals surface area contributed by atoms with Crippen molar-refractivity contribution in [1.82, 2.24) is 0 Å². The van der Waals surface area contributed by atoms with Gasteiger partial charge in [0.1, 0.15) is 12.0 Å². The lowest BCUT2D eigenvalue weighted by molar-refractivity contribution is -0.110. The Labute approximate surface area is 84.9 Å². The maximum absolute atomic E-state index is 10.5. The van der Waals surface area contributed by atoms with E-state index in [9.17, 15) is 4.79 Å². The van der Waals surface area contributed by atoms with Crippen LogP contribution in [0.3, 0.4) is 0 Å². The molecule has 1 aromatic rings. The Balaban J connectivity index is 2.84. The smallest absolute Gasteiger partial charge is 0.123 e. The van der Waals surface area contributed by atoms with E-state index in [0.29, 0.717) is 0 Å². The van der Waals surface area contributed by atoms with Gasteiger partial charge in [0, 0.05) is 5.92 Å². The van der Waals surface area contributed by atoms with Crippen LogP contribution in [-0.2, 0) is 11.2 Å². The highest BCUT2D eigenvalue weighted by molar-refractivity contribution is 5.53. The largest absolute Gasteiger partial charge is 0.496 e. The first kappa shape index (κ1) is 10.8. The van der Waals surface area contributed by atoms with Gasteiger partial charge in [0.05, 0.1) is 7.11 Å². The number of methoxy groups -OCH3 is 1. The second-order valence-electron chi connectivity index (χ2n) is 3.62. The molecule has 0 aliphatic carbocycles. The van der Waals surface area contributed by atoms with Crippen molar-refractivity contribution in [2.24, 2.45) is 5.92 Å². The fraction of sp³-hybridized carbons (Fsp3) is 0.417. The molecule has 14 heavy (non-hydrogen) atoms. The zero-order chi connectivity index (χ0) is 10.6. The standard InChI is InChI=1S/C12H16O2/c1-9(8-13)6-11-5-4-10(2)12(7-11)14-3/h4-5,7-9H,6H2,1-3H3. The predicted octanol–water partition coefficient (Wildman–Crippen LogP) is 2.38. The number of hydrogen-bond donors (Lipinski definition) is 0.